The zero-order chi connectivity index (χ0) is 20.0. The maximum absolute atomic E-state index is 13.5. The van der Waals surface area contributed by atoms with Gasteiger partial charge >= 0.3 is 0 Å². The van der Waals surface area contributed by atoms with Gasteiger partial charge < -0.3 is 14.2 Å². The third-order valence-electron chi connectivity index (χ3n) is 5.44. The normalized spacial score (nSPS) is 17.8. The molecule has 2 aliphatic heterocycles. The first-order valence-electron chi connectivity index (χ1n) is 9.80. The van der Waals surface area contributed by atoms with Crippen molar-refractivity contribution in [2.45, 2.75) is 32.8 Å². The maximum atomic E-state index is 13.5. The standard InChI is InChI=1S/C22H22N2O4S/c1-13-5-6-14(2)20-19(13)23-22(29-20)24(11-16-4-3-9-26-16)21(25)15-7-8-17-18(10-15)28-12-27-17/h5-8,10,16H,3-4,9,11-12H2,1-2H3. The molecule has 2 aliphatic rings. The number of carbonyl (C=O) groups excluding carboxylic acids is 1. The van der Waals surface area contributed by atoms with Crippen LogP contribution < -0.4 is 14.4 Å². The van der Waals surface area contributed by atoms with Crippen LogP contribution in [-0.4, -0.2) is 36.9 Å². The van der Waals surface area contributed by atoms with Crippen LogP contribution in [0.3, 0.4) is 0 Å². The Morgan fingerprint density at radius 2 is 2.00 bits per heavy atom. The molecule has 150 valence electrons. The van der Waals surface area contributed by atoms with Gasteiger partial charge in [0.1, 0.15) is 0 Å². The van der Waals surface area contributed by atoms with Gasteiger partial charge in [-0.15, -0.1) is 0 Å². The fourth-order valence-electron chi connectivity index (χ4n) is 3.79. The number of thiazole rings is 1. The molecule has 0 radical (unpaired) electrons. The van der Waals surface area contributed by atoms with E-state index in [1.807, 2.05) is 0 Å². The molecule has 0 N–H and O–H groups in total. The van der Waals surface area contributed by atoms with Crippen molar-refractivity contribution in [2.24, 2.45) is 0 Å². The second-order valence-electron chi connectivity index (χ2n) is 7.49. The van der Waals surface area contributed by atoms with Gasteiger partial charge in [-0.05, 0) is 56.0 Å². The number of ether oxygens (including phenoxy) is 3. The van der Waals surface area contributed by atoms with E-state index in [1.54, 1.807) is 34.4 Å². The van der Waals surface area contributed by atoms with E-state index in [4.69, 9.17) is 19.2 Å². The van der Waals surface area contributed by atoms with Crippen LogP contribution in [0.25, 0.3) is 10.2 Å². The Labute approximate surface area is 173 Å². The number of amides is 1. The van der Waals surface area contributed by atoms with Crippen LogP contribution in [0.5, 0.6) is 11.5 Å². The summed E-state index contributed by atoms with van der Waals surface area (Å²) in [7, 11) is 0. The summed E-state index contributed by atoms with van der Waals surface area (Å²) in [4.78, 5) is 20.1. The van der Waals surface area contributed by atoms with Gasteiger partial charge in [0.25, 0.3) is 5.91 Å². The molecule has 1 fully saturated rings. The largest absolute Gasteiger partial charge is 0.454 e. The Kier molecular flexibility index (Phi) is 4.64. The van der Waals surface area contributed by atoms with Crippen LogP contribution in [0.1, 0.15) is 34.3 Å². The average Bonchev–Trinajstić information content (AvgIpc) is 3.48. The van der Waals surface area contributed by atoms with Gasteiger partial charge in [-0.25, -0.2) is 4.98 Å². The number of benzene rings is 2. The quantitative estimate of drug-likeness (QED) is 0.635. The third-order valence-corrected chi connectivity index (χ3v) is 6.65. The van der Waals surface area contributed by atoms with Crippen molar-refractivity contribution in [3.63, 3.8) is 0 Å². The minimum atomic E-state index is -0.104. The number of aryl methyl sites for hydroxylation is 2. The Hall–Kier alpha value is -2.64. The van der Waals surface area contributed by atoms with Gasteiger partial charge in [0.2, 0.25) is 6.79 Å². The molecule has 29 heavy (non-hydrogen) atoms. The van der Waals surface area contributed by atoms with Crippen LogP contribution >= 0.6 is 11.3 Å². The van der Waals surface area contributed by atoms with E-state index in [0.717, 1.165) is 35.2 Å². The first-order valence-corrected chi connectivity index (χ1v) is 10.6. The SMILES string of the molecule is Cc1ccc(C)c2sc(N(CC3CCCO3)C(=O)c3ccc4c(c3)OCO4)nc12. The number of aromatic nitrogens is 1. The summed E-state index contributed by atoms with van der Waals surface area (Å²) >= 11 is 1.56. The Balaban J connectivity index is 1.55. The molecule has 0 spiro atoms. The molecule has 1 unspecified atom stereocenters. The fraction of sp³-hybridized carbons (Fsp3) is 0.364. The number of nitrogens with zero attached hydrogens (tertiary/aromatic N) is 2. The molecule has 5 rings (SSSR count). The first-order chi connectivity index (χ1) is 14.1. The van der Waals surface area contributed by atoms with Crippen LogP contribution in [0.15, 0.2) is 30.3 Å². The lowest BCUT2D eigenvalue weighted by molar-refractivity contribution is 0.0917. The molecule has 0 aliphatic carbocycles. The summed E-state index contributed by atoms with van der Waals surface area (Å²) in [5, 5.41) is 0.704. The number of hydrogen-bond donors (Lipinski definition) is 0. The maximum Gasteiger partial charge on any atom is 0.260 e. The highest BCUT2D eigenvalue weighted by atomic mass is 32.1. The Morgan fingerprint density at radius 3 is 2.79 bits per heavy atom. The predicted molar refractivity (Wildman–Crippen MR) is 112 cm³/mol. The molecule has 6 nitrogen and oxygen atoms in total. The molecule has 1 saturated heterocycles. The zero-order valence-corrected chi connectivity index (χ0v) is 17.3. The summed E-state index contributed by atoms with van der Waals surface area (Å²) in [5.41, 5.74) is 3.79. The van der Waals surface area contributed by atoms with Crippen LogP contribution in [-0.2, 0) is 4.74 Å². The molecule has 3 aromatic rings. The number of fused-ring (bicyclic) bond motifs is 2. The highest BCUT2D eigenvalue weighted by molar-refractivity contribution is 7.22. The van der Waals surface area contributed by atoms with E-state index >= 15 is 0 Å². The van der Waals surface area contributed by atoms with Gasteiger partial charge in [-0.1, -0.05) is 23.5 Å². The van der Waals surface area contributed by atoms with Crippen molar-refractivity contribution in [1.82, 2.24) is 4.98 Å². The monoisotopic (exact) mass is 410 g/mol. The number of rotatable bonds is 4. The lowest BCUT2D eigenvalue weighted by atomic mass is 10.1. The number of anilines is 1. The minimum absolute atomic E-state index is 0.0298. The van der Waals surface area contributed by atoms with Gasteiger partial charge in [-0.3, -0.25) is 9.69 Å². The summed E-state index contributed by atoms with van der Waals surface area (Å²) in [6.45, 7) is 5.55. The first kappa shape index (κ1) is 18.4. The molecule has 1 atom stereocenters. The minimum Gasteiger partial charge on any atom is -0.454 e. The third kappa shape index (κ3) is 3.34. The van der Waals surface area contributed by atoms with Crippen molar-refractivity contribution in [1.29, 1.82) is 0 Å². The van der Waals surface area contributed by atoms with Crippen molar-refractivity contribution in [3.8, 4) is 11.5 Å². The number of hydrogen-bond acceptors (Lipinski definition) is 6. The molecule has 0 bridgehead atoms. The van der Waals surface area contributed by atoms with Crippen molar-refractivity contribution >= 4 is 32.6 Å². The van der Waals surface area contributed by atoms with Crippen LogP contribution in [0.2, 0.25) is 0 Å². The summed E-state index contributed by atoms with van der Waals surface area (Å²) in [5.74, 6) is 1.16. The molecule has 1 aromatic heterocycles. The molecular weight excluding hydrogens is 388 g/mol. The van der Waals surface area contributed by atoms with E-state index in [9.17, 15) is 4.79 Å². The highest BCUT2D eigenvalue weighted by Crippen LogP contribution is 2.36. The average molecular weight is 410 g/mol. The molecule has 7 heteroatoms. The number of carbonyl (C=O) groups is 1. The molecule has 0 saturated carbocycles. The topological polar surface area (TPSA) is 60.9 Å². The zero-order valence-electron chi connectivity index (χ0n) is 16.4. The predicted octanol–water partition coefficient (Wildman–Crippen LogP) is 4.47. The van der Waals surface area contributed by atoms with Gasteiger partial charge in [0, 0.05) is 12.2 Å². The van der Waals surface area contributed by atoms with E-state index < -0.39 is 0 Å². The molecule has 1 amide bonds. The van der Waals surface area contributed by atoms with Crippen LogP contribution in [0.4, 0.5) is 5.13 Å². The lowest BCUT2D eigenvalue weighted by Crippen LogP contribution is -2.37. The smallest absolute Gasteiger partial charge is 0.260 e. The highest BCUT2D eigenvalue weighted by Gasteiger charge is 2.28. The van der Waals surface area contributed by atoms with E-state index in [1.165, 1.54) is 5.56 Å². The summed E-state index contributed by atoms with van der Waals surface area (Å²) in [6.07, 6.45) is 2.00. The second kappa shape index (κ2) is 7.31. The fourth-order valence-corrected chi connectivity index (χ4v) is 4.91. The van der Waals surface area contributed by atoms with E-state index in [0.29, 0.717) is 28.7 Å². The second-order valence-corrected chi connectivity index (χ2v) is 8.47. The lowest BCUT2D eigenvalue weighted by Gasteiger charge is -2.23. The summed E-state index contributed by atoms with van der Waals surface area (Å²) < 4.78 is 17.8. The van der Waals surface area contributed by atoms with Crippen molar-refractivity contribution in [2.75, 3.05) is 24.8 Å². The van der Waals surface area contributed by atoms with Gasteiger partial charge in [0.05, 0.1) is 22.9 Å². The summed E-state index contributed by atoms with van der Waals surface area (Å²) in [6, 6.07) is 9.49. The van der Waals surface area contributed by atoms with Crippen LogP contribution in [0, 0.1) is 13.8 Å². The molecule has 2 aromatic carbocycles. The van der Waals surface area contributed by atoms with E-state index in [-0.39, 0.29) is 18.8 Å². The van der Waals surface area contributed by atoms with Crippen molar-refractivity contribution < 1.29 is 19.0 Å². The molecular formula is C22H22N2O4S. The van der Waals surface area contributed by atoms with E-state index in [2.05, 4.69) is 26.0 Å². The molecule has 3 heterocycles. The van der Waals surface area contributed by atoms with Crippen molar-refractivity contribution in [3.05, 3.63) is 47.0 Å². The van der Waals surface area contributed by atoms with Gasteiger partial charge in [0.15, 0.2) is 16.6 Å². The van der Waals surface area contributed by atoms with Gasteiger partial charge in [-0.2, -0.15) is 0 Å². The Bertz CT molecular complexity index is 1050. The Morgan fingerprint density at radius 1 is 1.17 bits per heavy atom.